The molecule has 0 aliphatic carbocycles. The zero-order chi connectivity index (χ0) is 21.9. The van der Waals surface area contributed by atoms with Gasteiger partial charge in [-0.2, -0.15) is 0 Å². The van der Waals surface area contributed by atoms with Crippen molar-refractivity contribution in [2.75, 3.05) is 6.54 Å². The van der Waals surface area contributed by atoms with Crippen molar-refractivity contribution in [1.82, 2.24) is 10.2 Å². The highest BCUT2D eigenvalue weighted by Crippen LogP contribution is 2.18. The second kappa shape index (κ2) is 12.4. The van der Waals surface area contributed by atoms with Gasteiger partial charge in [-0.3, -0.25) is 9.59 Å². The van der Waals surface area contributed by atoms with Gasteiger partial charge in [-0.1, -0.05) is 87.7 Å². The van der Waals surface area contributed by atoms with Crippen LogP contribution in [0.2, 0.25) is 5.02 Å². The molecule has 30 heavy (non-hydrogen) atoms. The number of nitrogens with zero attached hydrogens (tertiary/aromatic N) is 1. The van der Waals surface area contributed by atoms with Crippen LogP contribution in [0.5, 0.6) is 0 Å². The summed E-state index contributed by atoms with van der Waals surface area (Å²) >= 11 is 6.02. The van der Waals surface area contributed by atoms with E-state index in [9.17, 15) is 9.59 Å². The summed E-state index contributed by atoms with van der Waals surface area (Å²) in [7, 11) is 0. The molecule has 2 amide bonds. The second-order valence-corrected chi connectivity index (χ2v) is 8.39. The first-order valence-electron chi connectivity index (χ1n) is 10.8. The molecule has 0 unspecified atom stereocenters. The van der Waals surface area contributed by atoms with Crippen LogP contribution < -0.4 is 5.32 Å². The average molecular weight is 429 g/mol. The average Bonchev–Trinajstić information content (AvgIpc) is 2.75. The van der Waals surface area contributed by atoms with Crippen LogP contribution in [0, 0.1) is 5.92 Å². The maximum atomic E-state index is 13.2. The smallest absolute Gasteiger partial charge is 0.243 e. The number of benzene rings is 2. The van der Waals surface area contributed by atoms with Crippen molar-refractivity contribution in [3.63, 3.8) is 0 Å². The van der Waals surface area contributed by atoms with Gasteiger partial charge in [0, 0.05) is 30.5 Å². The van der Waals surface area contributed by atoms with Gasteiger partial charge >= 0.3 is 0 Å². The van der Waals surface area contributed by atoms with Gasteiger partial charge in [-0.15, -0.1) is 0 Å². The number of hydrogen-bond donors (Lipinski definition) is 1. The van der Waals surface area contributed by atoms with Crippen LogP contribution in [0.3, 0.4) is 0 Å². The molecule has 0 saturated heterocycles. The molecular weight excluding hydrogens is 396 g/mol. The Labute approximate surface area is 185 Å². The lowest BCUT2D eigenvalue weighted by Gasteiger charge is -2.33. The number of amides is 2. The zero-order valence-corrected chi connectivity index (χ0v) is 19.0. The lowest BCUT2D eigenvalue weighted by molar-refractivity contribution is -0.143. The molecule has 0 fully saturated rings. The van der Waals surface area contributed by atoms with Crippen molar-refractivity contribution in [2.24, 2.45) is 5.92 Å². The van der Waals surface area contributed by atoms with Crippen molar-refractivity contribution in [3.8, 4) is 0 Å². The largest absolute Gasteiger partial charge is 0.354 e. The monoisotopic (exact) mass is 428 g/mol. The molecule has 4 nitrogen and oxygen atoms in total. The SMILES string of the molecule is CCCCCNC(=O)[C@H](Cc1ccccc1)N(Cc1ccc(Cl)cc1)C(=O)C(C)C. The van der Waals surface area contributed by atoms with E-state index in [1.54, 1.807) is 4.90 Å². The van der Waals surface area contributed by atoms with Gasteiger partial charge in [-0.25, -0.2) is 0 Å². The Morgan fingerprint density at radius 1 is 0.967 bits per heavy atom. The lowest BCUT2D eigenvalue weighted by atomic mass is 10.0. The Morgan fingerprint density at radius 3 is 2.23 bits per heavy atom. The van der Waals surface area contributed by atoms with Gasteiger partial charge in [0.15, 0.2) is 0 Å². The van der Waals surface area contributed by atoms with E-state index in [1.165, 1.54) is 0 Å². The summed E-state index contributed by atoms with van der Waals surface area (Å²) in [6.45, 7) is 6.87. The van der Waals surface area contributed by atoms with Gasteiger partial charge < -0.3 is 10.2 Å². The Balaban J connectivity index is 2.30. The van der Waals surface area contributed by atoms with Crippen molar-refractivity contribution < 1.29 is 9.59 Å². The van der Waals surface area contributed by atoms with Gasteiger partial charge in [0.05, 0.1) is 0 Å². The van der Waals surface area contributed by atoms with E-state index in [-0.39, 0.29) is 17.7 Å². The Morgan fingerprint density at radius 2 is 1.63 bits per heavy atom. The molecule has 0 spiro atoms. The van der Waals surface area contributed by atoms with E-state index in [4.69, 9.17) is 11.6 Å². The number of carbonyl (C=O) groups is 2. The first kappa shape index (κ1) is 23.9. The van der Waals surface area contributed by atoms with E-state index in [0.717, 1.165) is 30.4 Å². The highest BCUT2D eigenvalue weighted by molar-refractivity contribution is 6.30. The summed E-state index contributed by atoms with van der Waals surface area (Å²) < 4.78 is 0. The van der Waals surface area contributed by atoms with Crippen molar-refractivity contribution in [1.29, 1.82) is 0 Å². The Kier molecular flexibility index (Phi) is 9.88. The van der Waals surface area contributed by atoms with E-state index < -0.39 is 6.04 Å². The van der Waals surface area contributed by atoms with Crippen molar-refractivity contribution in [2.45, 2.75) is 59.0 Å². The highest BCUT2D eigenvalue weighted by atomic mass is 35.5. The summed E-state index contributed by atoms with van der Waals surface area (Å²) in [4.78, 5) is 28.1. The predicted octanol–water partition coefficient (Wildman–Crippen LogP) is 5.24. The molecule has 0 heterocycles. The molecule has 0 aliphatic heterocycles. The third kappa shape index (κ3) is 7.49. The molecule has 0 aliphatic rings. The summed E-state index contributed by atoms with van der Waals surface area (Å²) in [5.41, 5.74) is 1.98. The van der Waals surface area contributed by atoms with Gasteiger partial charge in [-0.05, 0) is 29.7 Å². The fourth-order valence-electron chi connectivity index (χ4n) is 3.35. The van der Waals surface area contributed by atoms with Crippen LogP contribution in [-0.2, 0) is 22.6 Å². The normalized spacial score (nSPS) is 11.9. The molecule has 0 bridgehead atoms. The molecule has 2 aromatic carbocycles. The van der Waals surface area contributed by atoms with Crippen LogP contribution in [0.15, 0.2) is 54.6 Å². The number of hydrogen-bond acceptors (Lipinski definition) is 2. The minimum Gasteiger partial charge on any atom is -0.354 e. The number of nitrogens with one attached hydrogen (secondary N) is 1. The molecule has 5 heteroatoms. The fourth-order valence-corrected chi connectivity index (χ4v) is 3.47. The molecule has 0 radical (unpaired) electrons. The first-order chi connectivity index (χ1) is 14.4. The standard InChI is InChI=1S/C25H33ClN2O2/c1-4-5-9-16-27-24(29)23(17-20-10-7-6-8-11-20)28(25(30)19(2)3)18-21-12-14-22(26)15-13-21/h6-8,10-15,19,23H,4-5,9,16-18H2,1-3H3,(H,27,29)/t23-/m0/s1. The number of carbonyl (C=O) groups excluding carboxylic acids is 2. The highest BCUT2D eigenvalue weighted by Gasteiger charge is 2.31. The third-order valence-electron chi connectivity index (χ3n) is 5.07. The Bertz CT molecular complexity index is 791. The van der Waals surface area contributed by atoms with Gasteiger partial charge in [0.1, 0.15) is 6.04 Å². The molecule has 0 saturated carbocycles. The zero-order valence-electron chi connectivity index (χ0n) is 18.2. The second-order valence-electron chi connectivity index (χ2n) is 7.95. The van der Waals surface area contributed by atoms with Crippen LogP contribution >= 0.6 is 11.6 Å². The van der Waals surface area contributed by atoms with Crippen LogP contribution in [0.1, 0.15) is 51.2 Å². The molecule has 0 aromatic heterocycles. The topological polar surface area (TPSA) is 49.4 Å². The lowest BCUT2D eigenvalue weighted by Crippen LogP contribution is -2.51. The summed E-state index contributed by atoms with van der Waals surface area (Å²) in [5.74, 6) is -0.337. The molecule has 162 valence electrons. The van der Waals surface area contributed by atoms with Crippen molar-refractivity contribution >= 4 is 23.4 Å². The number of halogens is 1. The van der Waals surface area contributed by atoms with E-state index >= 15 is 0 Å². The minimum absolute atomic E-state index is 0.0328. The molecule has 1 N–H and O–H groups in total. The summed E-state index contributed by atoms with van der Waals surface area (Å²) in [6.07, 6.45) is 3.59. The first-order valence-corrected chi connectivity index (χ1v) is 11.2. The van der Waals surface area contributed by atoms with E-state index in [0.29, 0.717) is 24.5 Å². The predicted molar refractivity (Wildman–Crippen MR) is 123 cm³/mol. The molecule has 2 rings (SSSR count). The summed E-state index contributed by atoms with van der Waals surface area (Å²) in [6, 6.07) is 16.7. The maximum absolute atomic E-state index is 13.2. The third-order valence-corrected chi connectivity index (χ3v) is 5.33. The van der Waals surface area contributed by atoms with Gasteiger partial charge in [0.25, 0.3) is 0 Å². The number of unbranched alkanes of at least 4 members (excludes halogenated alkanes) is 2. The summed E-state index contributed by atoms with van der Waals surface area (Å²) in [5, 5.41) is 3.70. The van der Waals surface area contributed by atoms with Crippen molar-refractivity contribution in [3.05, 3.63) is 70.7 Å². The van der Waals surface area contributed by atoms with Crippen LogP contribution in [-0.4, -0.2) is 29.3 Å². The molecular formula is C25H33ClN2O2. The molecule has 1 atom stereocenters. The molecule has 2 aromatic rings. The number of rotatable bonds is 11. The minimum atomic E-state index is -0.570. The van der Waals surface area contributed by atoms with E-state index in [1.807, 2.05) is 68.4 Å². The quantitative estimate of drug-likeness (QED) is 0.497. The Hall–Kier alpha value is -2.33. The fraction of sp³-hybridized carbons (Fsp3) is 0.440. The maximum Gasteiger partial charge on any atom is 0.243 e. The van der Waals surface area contributed by atoms with E-state index in [2.05, 4.69) is 12.2 Å². The van der Waals surface area contributed by atoms with Crippen LogP contribution in [0.4, 0.5) is 0 Å². The van der Waals surface area contributed by atoms with Crippen LogP contribution in [0.25, 0.3) is 0 Å². The van der Waals surface area contributed by atoms with Gasteiger partial charge in [0.2, 0.25) is 11.8 Å².